The molecule has 0 saturated carbocycles. The molecule has 3 nitrogen and oxygen atoms in total. The summed E-state index contributed by atoms with van der Waals surface area (Å²) in [7, 11) is 0. The predicted octanol–water partition coefficient (Wildman–Crippen LogP) is 3.55. The molecular weight excluding hydrogens is 308 g/mol. The van der Waals surface area contributed by atoms with E-state index in [1.807, 2.05) is 24.3 Å². The van der Waals surface area contributed by atoms with Crippen LogP contribution in [-0.2, 0) is 9.53 Å². The van der Waals surface area contributed by atoms with Crippen molar-refractivity contribution in [3.8, 4) is 0 Å². The van der Waals surface area contributed by atoms with Gasteiger partial charge in [0.05, 0.1) is 12.7 Å². The van der Waals surface area contributed by atoms with Gasteiger partial charge < -0.3 is 9.84 Å². The number of carbonyl (C=O) groups excluding carboxylic acids is 1. The lowest BCUT2D eigenvalue weighted by molar-refractivity contribution is -0.137. The van der Waals surface area contributed by atoms with Gasteiger partial charge in [0.25, 0.3) is 0 Å². The first kappa shape index (κ1) is 15.7. The van der Waals surface area contributed by atoms with Crippen molar-refractivity contribution < 1.29 is 14.6 Å². The number of allylic oxidation sites excluding steroid dienone is 2. The van der Waals surface area contributed by atoms with Crippen LogP contribution in [0, 0.1) is 0 Å². The summed E-state index contributed by atoms with van der Waals surface area (Å²) in [4.78, 5) is 11.0. The van der Waals surface area contributed by atoms with E-state index in [0.717, 1.165) is 10.0 Å². The zero-order chi connectivity index (χ0) is 14.1. The molecule has 1 aromatic rings. The lowest BCUT2D eigenvalue weighted by Gasteiger charge is -2.09. The Labute approximate surface area is 121 Å². The Balaban J connectivity index is 2.44. The summed E-state index contributed by atoms with van der Waals surface area (Å²) in [6.45, 7) is 2.13. The lowest BCUT2D eigenvalue weighted by Crippen LogP contribution is -1.98. The van der Waals surface area contributed by atoms with Gasteiger partial charge in [0.15, 0.2) is 0 Å². The molecule has 0 saturated heterocycles. The number of hydrogen-bond donors (Lipinski definition) is 1. The monoisotopic (exact) mass is 324 g/mol. The molecule has 0 spiro atoms. The smallest absolute Gasteiger partial charge is 0.330 e. The summed E-state index contributed by atoms with van der Waals surface area (Å²) in [6, 6.07) is 7.55. The zero-order valence-electron chi connectivity index (χ0n) is 10.8. The molecule has 102 valence electrons. The average Bonchev–Trinajstić information content (AvgIpc) is 2.39. The van der Waals surface area contributed by atoms with Gasteiger partial charge in [0.2, 0.25) is 0 Å². The first-order valence-corrected chi connectivity index (χ1v) is 6.87. The SMILES string of the molecule is CCOC(=O)/C=C/C=C/CC(O)c1ccccc1Br. The number of benzene rings is 1. The van der Waals surface area contributed by atoms with Gasteiger partial charge in [-0.1, -0.05) is 52.4 Å². The van der Waals surface area contributed by atoms with Crippen molar-refractivity contribution in [2.45, 2.75) is 19.4 Å². The van der Waals surface area contributed by atoms with Crippen molar-refractivity contribution in [1.29, 1.82) is 0 Å². The van der Waals surface area contributed by atoms with Crippen molar-refractivity contribution in [2.24, 2.45) is 0 Å². The van der Waals surface area contributed by atoms with E-state index in [9.17, 15) is 9.90 Å². The molecule has 4 heteroatoms. The number of esters is 1. The summed E-state index contributed by atoms with van der Waals surface area (Å²) in [5, 5.41) is 10.00. The molecule has 0 fully saturated rings. The lowest BCUT2D eigenvalue weighted by atomic mass is 10.1. The van der Waals surface area contributed by atoms with Crippen LogP contribution in [0.4, 0.5) is 0 Å². The first-order valence-electron chi connectivity index (χ1n) is 6.07. The fourth-order valence-electron chi connectivity index (χ4n) is 1.48. The minimum absolute atomic E-state index is 0.362. The molecule has 0 aromatic heterocycles. The van der Waals surface area contributed by atoms with Gasteiger partial charge in [-0.25, -0.2) is 4.79 Å². The fourth-order valence-corrected chi connectivity index (χ4v) is 2.03. The van der Waals surface area contributed by atoms with Gasteiger partial charge in [-0.3, -0.25) is 0 Å². The standard InChI is InChI=1S/C15H17BrO3/c1-2-19-15(18)11-5-3-4-10-14(17)12-8-6-7-9-13(12)16/h3-9,11,14,17H,2,10H2,1H3/b4-3+,11-5+. The number of aliphatic hydroxyl groups excluding tert-OH is 1. The minimum Gasteiger partial charge on any atom is -0.463 e. The maximum absolute atomic E-state index is 11.0. The van der Waals surface area contributed by atoms with E-state index in [2.05, 4.69) is 15.9 Å². The molecule has 0 aliphatic heterocycles. The summed E-state index contributed by atoms with van der Waals surface area (Å²) in [6.07, 6.45) is 6.39. The summed E-state index contributed by atoms with van der Waals surface area (Å²) in [5.41, 5.74) is 0.849. The van der Waals surface area contributed by atoms with Crippen LogP contribution < -0.4 is 0 Å². The quantitative estimate of drug-likeness (QED) is 0.494. The highest BCUT2D eigenvalue weighted by atomic mass is 79.9. The van der Waals surface area contributed by atoms with Crippen LogP contribution in [-0.4, -0.2) is 17.7 Å². The van der Waals surface area contributed by atoms with Gasteiger partial charge in [-0.15, -0.1) is 0 Å². The Morgan fingerprint density at radius 2 is 2.16 bits per heavy atom. The second-order valence-electron chi connectivity index (χ2n) is 3.81. The van der Waals surface area contributed by atoms with E-state index in [4.69, 9.17) is 4.74 Å². The number of rotatable bonds is 6. The maximum atomic E-state index is 11.0. The van der Waals surface area contributed by atoms with Crippen LogP contribution >= 0.6 is 15.9 Å². The molecular formula is C15H17BrO3. The second-order valence-corrected chi connectivity index (χ2v) is 4.67. The molecule has 1 N–H and O–H groups in total. The van der Waals surface area contributed by atoms with Gasteiger partial charge in [0, 0.05) is 10.5 Å². The highest BCUT2D eigenvalue weighted by Crippen LogP contribution is 2.25. The van der Waals surface area contributed by atoms with Crippen LogP contribution in [0.3, 0.4) is 0 Å². The van der Waals surface area contributed by atoms with E-state index < -0.39 is 6.10 Å². The average molecular weight is 325 g/mol. The number of halogens is 1. The fraction of sp³-hybridized carbons (Fsp3) is 0.267. The molecule has 0 aliphatic carbocycles. The number of aliphatic hydroxyl groups is 1. The molecule has 1 rings (SSSR count). The van der Waals surface area contributed by atoms with Gasteiger partial charge in [0.1, 0.15) is 0 Å². The Morgan fingerprint density at radius 3 is 2.84 bits per heavy atom. The molecule has 1 atom stereocenters. The molecule has 1 unspecified atom stereocenters. The summed E-state index contributed by atoms with van der Waals surface area (Å²) >= 11 is 3.40. The molecule has 0 aliphatic rings. The highest BCUT2D eigenvalue weighted by molar-refractivity contribution is 9.10. The summed E-state index contributed by atoms with van der Waals surface area (Å²) < 4.78 is 5.63. The Morgan fingerprint density at radius 1 is 1.42 bits per heavy atom. The van der Waals surface area contributed by atoms with Crippen LogP contribution in [0.25, 0.3) is 0 Å². The van der Waals surface area contributed by atoms with Crippen molar-refractivity contribution >= 4 is 21.9 Å². The third kappa shape index (κ3) is 5.85. The second kappa shape index (κ2) is 8.67. The molecule has 0 heterocycles. The molecule has 0 bridgehead atoms. The minimum atomic E-state index is -0.567. The van der Waals surface area contributed by atoms with E-state index >= 15 is 0 Å². The zero-order valence-corrected chi connectivity index (χ0v) is 12.3. The van der Waals surface area contributed by atoms with Crippen LogP contribution in [0.5, 0.6) is 0 Å². The Bertz CT molecular complexity index is 466. The molecule has 0 amide bonds. The van der Waals surface area contributed by atoms with Crippen molar-refractivity contribution in [3.63, 3.8) is 0 Å². The third-order valence-corrected chi connectivity index (χ3v) is 3.11. The normalized spacial score (nSPS) is 13.0. The van der Waals surface area contributed by atoms with Crippen molar-refractivity contribution in [2.75, 3.05) is 6.61 Å². The first-order chi connectivity index (χ1) is 9.15. The maximum Gasteiger partial charge on any atom is 0.330 e. The van der Waals surface area contributed by atoms with E-state index in [-0.39, 0.29) is 5.97 Å². The highest BCUT2D eigenvalue weighted by Gasteiger charge is 2.08. The van der Waals surface area contributed by atoms with Gasteiger partial charge >= 0.3 is 5.97 Å². The number of carbonyl (C=O) groups is 1. The number of hydrogen-bond acceptors (Lipinski definition) is 3. The Hall–Kier alpha value is -1.39. The third-order valence-electron chi connectivity index (χ3n) is 2.39. The van der Waals surface area contributed by atoms with E-state index in [0.29, 0.717) is 13.0 Å². The molecule has 0 radical (unpaired) electrons. The van der Waals surface area contributed by atoms with Gasteiger partial charge in [-0.05, 0) is 25.0 Å². The summed E-state index contributed by atoms with van der Waals surface area (Å²) in [5.74, 6) is -0.362. The van der Waals surface area contributed by atoms with Crippen molar-refractivity contribution in [3.05, 3.63) is 58.6 Å². The van der Waals surface area contributed by atoms with E-state index in [1.54, 1.807) is 25.2 Å². The topological polar surface area (TPSA) is 46.5 Å². The number of ether oxygens (including phenoxy) is 1. The Kier molecular flexibility index (Phi) is 7.15. The molecule has 1 aromatic carbocycles. The van der Waals surface area contributed by atoms with Crippen LogP contribution in [0.2, 0.25) is 0 Å². The van der Waals surface area contributed by atoms with Crippen LogP contribution in [0.15, 0.2) is 53.0 Å². The van der Waals surface area contributed by atoms with E-state index in [1.165, 1.54) is 6.08 Å². The van der Waals surface area contributed by atoms with Crippen molar-refractivity contribution in [1.82, 2.24) is 0 Å². The van der Waals surface area contributed by atoms with Crippen LogP contribution in [0.1, 0.15) is 25.0 Å². The largest absolute Gasteiger partial charge is 0.463 e. The predicted molar refractivity (Wildman–Crippen MR) is 78.6 cm³/mol. The van der Waals surface area contributed by atoms with Gasteiger partial charge in [-0.2, -0.15) is 0 Å². The molecule has 19 heavy (non-hydrogen) atoms.